The van der Waals surface area contributed by atoms with E-state index < -0.39 is 0 Å². The van der Waals surface area contributed by atoms with Crippen molar-refractivity contribution in [3.63, 3.8) is 0 Å². The molecule has 1 heterocycles. The fraction of sp³-hybridized carbons (Fsp3) is 0. The van der Waals surface area contributed by atoms with E-state index in [0.29, 0.717) is 0 Å². The van der Waals surface area contributed by atoms with Crippen LogP contribution in [0.15, 0.2) is 97.3 Å². The summed E-state index contributed by atoms with van der Waals surface area (Å²) < 4.78 is 0. The Morgan fingerprint density at radius 3 is 1.86 bits per heavy atom. The van der Waals surface area contributed by atoms with E-state index in [0.717, 1.165) is 22.5 Å². The summed E-state index contributed by atoms with van der Waals surface area (Å²) in [6.45, 7) is 0. The number of benzene rings is 5. The monoisotopic (exact) mass is 356 g/mol. The molecule has 2 nitrogen and oxygen atoms in total. The van der Waals surface area contributed by atoms with Gasteiger partial charge in [-0.25, -0.2) is 9.97 Å². The van der Waals surface area contributed by atoms with Crippen molar-refractivity contribution < 1.29 is 0 Å². The van der Waals surface area contributed by atoms with Crippen LogP contribution in [0, 0.1) is 0 Å². The lowest BCUT2D eigenvalue weighted by Crippen LogP contribution is -1.92. The van der Waals surface area contributed by atoms with Gasteiger partial charge in [0.25, 0.3) is 0 Å². The van der Waals surface area contributed by atoms with Gasteiger partial charge in [0, 0.05) is 23.5 Å². The van der Waals surface area contributed by atoms with Crippen molar-refractivity contribution in [1.82, 2.24) is 9.97 Å². The molecule has 0 amide bonds. The van der Waals surface area contributed by atoms with Crippen LogP contribution in [0.3, 0.4) is 0 Å². The lowest BCUT2D eigenvalue weighted by Gasteiger charge is -2.13. The zero-order valence-corrected chi connectivity index (χ0v) is 15.1. The second-order valence-electron chi connectivity index (χ2n) is 7.13. The molecule has 0 radical (unpaired) electrons. The van der Waals surface area contributed by atoms with E-state index >= 15 is 0 Å². The average Bonchev–Trinajstić information content (AvgIpc) is 2.78. The highest BCUT2D eigenvalue weighted by Gasteiger charge is 2.13. The highest BCUT2D eigenvalue weighted by Crippen LogP contribution is 2.38. The molecule has 130 valence electrons. The van der Waals surface area contributed by atoms with Gasteiger partial charge in [0.05, 0.1) is 0 Å². The second-order valence-corrected chi connectivity index (χ2v) is 7.13. The molecule has 0 aliphatic rings. The third-order valence-electron chi connectivity index (χ3n) is 5.53. The Labute approximate surface area is 162 Å². The van der Waals surface area contributed by atoms with Crippen LogP contribution in [0.4, 0.5) is 0 Å². The van der Waals surface area contributed by atoms with Crippen molar-refractivity contribution in [3.05, 3.63) is 97.3 Å². The second kappa shape index (κ2) is 5.86. The minimum atomic E-state index is 0.762. The summed E-state index contributed by atoms with van der Waals surface area (Å²) in [6.07, 6.45) is 3.82. The SMILES string of the molecule is c1ccc(-c2cnc(-c3ccc4ccc5cccc6ccc3c4c56)nc2)cc1. The molecule has 0 fully saturated rings. The lowest BCUT2D eigenvalue weighted by molar-refractivity contribution is 1.18. The van der Waals surface area contributed by atoms with Gasteiger partial charge in [-0.3, -0.25) is 0 Å². The van der Waals surface area contributed by atoms with Gasteiger partial charge in [-0.15, -0.1) is 0 Å². The Morgan fingerprint density at radius 1 is 0.464 bits per heavy atom. The molecule has 0 unspecified atom stereocenters. The highest BCUT2D eigenvalue weighted by atomic mass is 14.9. The molecule has 0 aliphatic heterocycles. The minimum absolute atomic E-state index is 0.762. The third kappa shape index (κ3) is 2.21. The summed E-state index contributed by atoms with van der Waals surface area (Å²) in [5.41, 5.74) is 3.23. The molecule has 0 aliphatic carbocycles. The van der Waals surface area contributed by atoms with Crippen LogP contribution in [-0.2, 0) is 0 Å². The van der Waals surface area contributed by atoms with Gasteiger partial charge in [0.15, 0.2) is 5.82 Å². The topological polar surface area (TPSA) is 25.8 Å². The van der Waals surface area contributed by atoms with Gasteiger partial charge in [0.1, 0.15) is 0 Å². The maximum absolute atomic E-state index is 4.70. The fourth-order valence-electron chi connectivity index (χ4n) is 4.18. The standard InChI is InChI=1S/C26H16N2/c1-2-5-17(6-3-1)21-15-27-26(28-16-21)23-14-12-20-10-9-18-7-4-8-19-11-13-22(23)25(20)24(18)19/h1-16H. The maximum atomic E-state index is 4.70. The first kappa shape index (κ1) is 15.3. The minimum Gasteiger partial charge on any atom is -0.236 e. The summed E-state index contributed by atoms with van der Waals surface area (Å²) in [7, 11) is 0. The molecule has 5 aromatic carbocycles. The predicted octanol–water partition coefficient (Wildman–Crippen LogP) is 6.71. The largest absolute Gasteiger partial charge is 0.236 e. The van der Waals surface area contributed by atoms with E-state index in [1.165, 1.54) is 32.3 Å². The van der Waals surface area contributed by atoms with E-state index in [1.807, 2.05) is 30.6 Å². The van der Waals surface area contributed by atoms with Crippen LogP contribution >= 0.6 is 0 Å². The Hall–Kier alpha value is -3.78. The summed E-state index contributed by atoms with van der Waals surface area (Å²) in [4.78, 5) is 9.39. The number of aromatic nitrogens is 2. The maximum Gasteiger partial charge on any atom is 0.159 e. The smallest absolute Gasteiger partial charge is 0.159 e. The van der Waals surface area contributed by atoms with Crippen molar-refractivity contribution in [2.75, 3.05) is 0 Å². The quantitative estimate of drug-likeness (QED) is 0.322. The molecular weight excluding hydrogens is 340 g/mol. The molecule has 0 spiro atoms. The molecule has 6 rings (SSSR count). The van der Waals surface area contributed by atoms with E-state index in [4.69, 9.17) is 9.97 Å². The van der Waals surface area contributed by atoms with Gasteiger partial charge < -0.3 is 0 Å². The Balaban J connectivity index is 1.58. The van der Waals surface area contributed by atoms with Crippen molar-refractivity contribution >= 4 is 32.3 Å². The average molecular weight is 356 g/mol. The molecule has 0 saturated carbocycles. The van der Waals surface area contributed by atoms with Crippen molar-refractivity contribution in [2.45, 2.75) is 0 Å². The molecule has 0 saturated heterocycles. The molecule has 2 heteroatoms. The van der Waals surface area contributed by atoms with Crippen molar-refractivity contribution in [2.24, 2.45) is 0 Å². The van der Waals surface area contributed by atoms with Crippen LogP contribution in [0.25, 0.3) is 54.8 Å². The van der Waals surface area contributed by atoms with Gasteiger partial charge in [-0.1, -0.05) is 78.9 Å². The predicted molar refractivity (Wildman–Crippen MR) is 117 cm³/mol. The summed E-state index contributed by atoms with van der Waals surface area (Å²) >= 11 is 0. The summed E-state index contributed by atoms with van der Waals surface area (Å²) in [5.74, 6) is 0.762. The Bertz CT molecular complexity index is 1420. The molecular formula is C26H16N2. The van der Waals surface area contributed by atoms with Crippen LogP contribution in [0.2, 0.25) is 0 Å². The van der Waals surface area contributed by atoms with E-state index in [9.17, 15) is 0 Å². The fourth-order valence-corrected chi connectivity index (χ4v) is 4.18. The number of nitrogens with zero attached hydrogens (tertiary/aromatic N) is 2. The first-order chi connectivity index (χ1) is 13.9. The van der Waals surface area contributed by atoms with E-state index in [1.54, 1.807) is 0 Å². The molecule has 0 atom stereocenters. The van der Waals surface area contributed by atoms with Crippen LogP contribution in [0.5, 0.6) is 0 Å². The summed E-state index contributed by atoms with van der Waals surface area (Å²) in [6, 6.07) is 29.8. The summed E-state index contributed by atoms with van der Waals surface area (Å²) in [5, 5.41) is 7.61. The number of hydrogen-bond acceptors (Lipinski definition) is 2. The van der Waals surface area contributed by atoms with Gasteiger partial charge in [0.2, 0.25) is 0 Å². The normalized spacial score (nSPS) is 11.6. The molecule has 1 aromatic heterocycles. The molecule has 6 aromatic rings. The van der Waals surface area contributed by atoms with Crippen LogP contribution in [-0.4, -0.2) is 9.97 Å². The highest BCUT2D eigenvalue weighted by molar-refractivity contribution is 6.25. The zero-order valence-electron chi connectivity index (χ0n) is 15.1. The van der Waals surface area contributed by atoms with Gasteiger partial charge in [-0.05, 0) is 43.9 Å². The van der Waals surface area contributed by atoms with E-state index in [-0.39, 0.29) is 0 Å². The zero-order chi connectivity index (χ0) is 18.5. The van der Waals surface area contributed by atoms with Crippen molar-refractivity contribution in [1.29, 1.82) is 0 Å². The first-order valence-electron chi connectivity index (χ1n) is 9.43. The number of hydrogen-bond donors (Lipinski definition) is 0. The third-order valence-corrected chi connectivity index (χ3v) is 5.53. The molecule has 28 heavy (non-hydrogen) atoms. The lowest BCUT2D eigenvalue weighted by atomic mass is 9.92. The van der Waals surface area contributed by atoms with E-state index in [2.05, 4.69) is 66.7 Å². The number of rotatable bonds is 2. The molecule has 0 N–H and O–H groups in total. The molecule has 0 bridgehead atoms. The van der Waals surface area contributed by atoms with Gasteiger partial charge >= 0.3 is 0 Å². The van der Waals surface area contributed by atoms with Crippen LogP contribution < -0.4 is 0 Å². The first-order valence-corrected chi connectivity index (χ1v) is 9.43. The Morgan fingerprint density at radius 2 is 1.11 bits per heavy atom. The van der Waals surface area contributed by atoms with Gasteiger partial charge in [-0.2, -0.15) is 0 Å². The van der Waals surface area contributed by atoms with Crippen molar-refractivity contribution in [3.8, 4) is 22.5 Å². The van der Waals surface area contributed by atoms with Crippen LogP contribution in [0.1, 0.15) is 0 Å². The Kier molecular flexibility index (Phi) is 3.20.